The van der Waals surface area contributed by atoms with Crippen LogP contribution in [0.1, 0.15) is 24.8 Å². The Morgan fingerprint density at radius 2 is 1.81 bits per heavy atom. The Balaban J connectivity index is 1.24. The summed E-state index contributed by atoms with van der Waals surface area (Å²) in [5.74, 6) is -0.618. The standard InChI is InChI=1S/C29H25F2N5O5S/c30-19-2-4-20(5-3-19)34-29(37)35-25-9-8-22(15-24(25)31)41-27-10-11-33-26-16-28(18(17-32)14-23(26)27)40-12-1-13-42(38,39)36-21-6-7-21/h2-5,8-11,14-16,21,36H,1,6-7,12-13H2,(H2,34,35,37). The minimum atomic E-state index is -3.37. The van der Waals surface area contributed by atoms with Crippen molar-refractivity contribution >= 4 is 38.3 Å². The largest absolute Gasteiger partial charge is 0.492 e. The number of amides is 2. The first-order valence-electron chi connectivity index (χ1n) is 13.0. The van der Waals surface area contributed by atoms with Crippen LogP contribution in [0.2, 0.25) is 0 Å². The third-order valence-electron chi connectivity index (χ3n) is 6.18. The Labute approximate surface area is 240 Å². The van der Waals surface area contributed by atoms with Crippen LogP contribution < -0.4 is 24.8 Å². The molecule has 1 aliphatic carbocycles. The van der Waals surface area contributed by atoms with Crippen molar-refractivity contribution in [3.8, 4) is 23.3 Å². The lowest BCUT2D eigenvalue weighted by molar-refractivity contribution is 0.262. The summed E-state index contributed by atoms with van der Waals surface area (Å²) in [5, 5.41) is 15.0. The third kappa shape index (κ3) is 7.48. The van der Waals surface area contributed by atoms with Crippen molar-refractivity contribution in [1.82, 2.24) is 9.71 Å². The average molecular weight is 594 g/mol. The molecule has 3 N–H and O–H groups in total. The summed E-state index contributed by atoms with van der Waals surface area (Å²) in [5.41, 5.74) is 0.863. The topological polar surface area (TPSA) is 142 Å². The molecule has 0 aliphatic heterocycles. The molecule has 0 bridgehead atoms. The normalized spacial score (nSPS) is 12.9. The van der Waals surface area contributed by atoms with Gasteiger partial charge in [0, 0.05) is 35.4 Å². The quantitative estimate of drug-likeness (QED) is 0.190. The number of urea groups is 1. The fourth-order valence-electron chi connectivity index (χ4n) is 3.99. The van der Waals surface area contributed by atoms with E-state index in [-0.39, 0.29) is 47.6 Å². The molecule has 1 fully saturated rings. The number of ether oxygens (including phenoxy) is 2. The number of carbonyl (C=O) groups excluding carboxylic acids is 1. The van der Waals surface area contributed by atoms with Gasteiger partial charge < -0.3 is 20.1 Å². The number of aromatic nitrogens is 1. The van der Waals surface area contributed by atoms with Crippen LogP contribution in [0.15, 0.2) is 66.9 Å². The second-order valence-electron chi connectivity index (χ2n) is 9.53. The van der Waals surface area contributed by atoms with Crippen LogP contribution in [0.4, 0.5) is 25.0 Å². The number of halogens is 2. The maximum atomic E-state index is 14.8. The zero-order chi connectivity index (χ0) is 29.7. The first kappa shape index (κ1) is 28.7. The molecule has 5 rings (SSSR count). The number of pyridine rings is 1. The van der Waals surface area contributed by atoms with E-state index in [0.29, 0.717) is 22.3 Å². The molecule has 4 aromatic rings. The summed E-state index contributed by atoms with van der Waals surface area (Å²) in [6.45, 7) is 0.0868. The van der Waals surface area contributed by atoms with Crippen molar-refractivity contribution in [2.45, 2.75) is 25.3 Å². The van der Waals surface area contributed by atoms with E-state index >= 15 is 0 Å². The van der Waals surface area contributed by atoms with Gasteiger partial charge >= 0.3 is 6.03 Å². The highest BCUT2D eigenvalue weighted by molar-refractivity contribution is 7.89. The number of fused-ring (bicyclic) bond motifs is 1. The SMILES string of the molecule is N#Cc1cc2c(Oc3ccc(NC(=O)Nc4ccc(F)cc4)c(F)c3)ccnc2cc1OCCCS(=O)(=O)NC1CC1. The average Bonchev–Trinajstić information content (AvgIpc) is 3.77. The molecule has 10 nitrogen and oxygen atoms in total. The summed E-state index contributed by atoms with van der Waals surface area (Å²) in [6.07, 6.45) is 3.43. The summed E-state index contributed by atoms with van der Waals surface area (Å²) in [4.78, 5) is 16.5. The molecule has 42 heavy (non-hydrogen) atoms. The smallest absolute Gasteiger partial charge is 0.323 e. The Kier molecular flexibility index (Phi) is 8.46. The van der Waals surface area contributed by atoms with Crippen molar-refractivity contribution in [1.29, 1.82) is 5.26 Å². The van der Waals surface area contributed by atoms with Crippen LogP contribution in [0.25, 0.3) is 10.9 Å². The number of nitriles is 1. The van der Waals surface area contributed by atoms with E-state index in [4.69, 9.17) is 9.47 Å². The van der Waals surface area contributed by atoms with E-state index in [9.17, 15) is 27.3 Å². The predicted molar refractivity (Wildman–Crippen MR) is 152 cm³/mol. The highest BCUT2D eigenvalue weighted by atomic mass is 32.2. The number of nitrogens with zero attached hydrogens (tertiary/aromatic N) is 2. The van der Waals surface area contributed by atoms with Gasteiger partial charge in [0.1, 0.15) is 35.0 Å². The number of nitrogens with one attached hydrogen (secondary N) is 3. The molecule has 1 heterocycles. The summed E-state index contributed by atoms with van der Waals surface area (Å²) < 4.78 is 66.1. The number of sulfonamides is 1. The van der Waals surface area contributed by atoms with Gasteiger partial charge in [-0.1, -0.05) is 0 Å². The van der Waals surface area contributed by atoms with E-state index in [2.05, 4.69) is 26.4 Å². The van der Waals surface area contributed by atoms with Gasteiger partial charge in [0.2, 0.25) is 10.0 Å². The number of carbonyl (C=O) groups is 1. The second kappa shape index (κ2) is 12.4. The highest BCUT2D eigenvalue weighted by Crippen LogP contribution is 2.34. The molecule has 0 unspecified atom stereocenters. The summed E-state index contributed by atoms with van der Waals surface area (Å²) in [7, 11) is -3.37. The molecule has 2 amide bonds. The second-order valence-corrected chi connectivity index (χ2v) is 11.4. The maximum Gasteiger partial charge on any atom is 0.323 e. The Morgan fingerprint density at radius 3 is 2.52 bits per heavy atom. The minimum absolute atomic E-state index is 0.0377. The van der Waals surface area contributed by atoms with E-state index in [1.54, 1.807) is 12.1 Å². The summed E-state index contributed by atoms with van der Waals surface area (Å²) in [6, 6.07) is 15.0. The Hall–Kier alpha value is -4.80. The first-order valence-corrected chi connectivity index (χ1v) is 14.6. The van der Waals surface area contributed by atoms with Crippen LogP contribution in [0, 0.1) is 23.0 Å². The molecule has 1 aromatic heterocycles. The number of hydrogen-bond acceptors (Lipinski definition) is 7. The van der Waals surface area contributed by atoms with Gasteiger partial charge in [-0.2, -0.15) is 5.26 Å². The van der Waals surface area contributed by atoms with Gasteiger partial charge in [-0.15, -0.1) is 0 Å². The molecule has 216 valence electrons. The fraction of sp³-hybridized carbons (Fsp3) is 0.207. The highest BCUT2D eigenvalue weighted by Gasteiger charge is 2.26. The van der Waals surface area contributed by atoms with Gasteiger partial charge in [0.15, 0.2) is 0 Å². The lowest BCUT2D eigenvalue weighted by Crippen LogP contribution is -2.28. The number of rotatable bonds is 11. The Morgan fingerprint density at radius 1 is 1.02 bits per heavy atom. The van der Waals surface area contributed by atoms with Gasteiger partial charge in [0.05, 0.1) is 29.1 Å². The lowest BCUT2D eigenvalue weighted by atomic mass is 10.1. The Bertz CT molecular complexity index is 1770. The third-order valence-corrected chi connectivity index (χ3v) is 7.70. The number of benzene rings is 3. The van der Waals surface area contributed by atoms with Crippen molar-refractivity contribution in [2.75, 3.05) is 23.0 Å². The number of anilines is 2. The van der Waals surface area contributed by atoms with Crippen LogP contribution in [-0.2, 0) is 10.0 Å². The number of hydrogen-bond donors (Lipinski definition) is 3. The fourth-order valence-corrected chi connectivity index (χ4v) is 5.35. The zero-order valence-corrected chi connectivity index (χ0v) is 22.9. The minimum Gasteiger partial charge on any atom is -0.492 e. The molecular formula is C29H25F2N5O5S. The molecule has 1 saturated carbocycles. The molecule has 0 saturated heterocycles. The monoisotopic (exact) mass is 593 g/mol. The van der Waals surface area contributed by atoms with E-state index < -0.39 is 27.7 Å². The van der Waals surface area contributed by atoms with E-state index in [1.807, 2.05) is 0 Å². The van der Waals surface area contributed by atoms with Gasteiger partial charge in [-0.3, -0.25) is 4.98 Å². The molecule has 0 atom stereocenters. The van der Waals surface area contributed by atoms with Gasteiger partial charge in [-0.05, 0) is 67.8 Å². The first-order chi connectivity index (χ1) is 20.2. The molecule has 3 aromatic carbocycles. The van der Waals surface area contributed by atoms with Crippen LogP contribution in [0.3, 0.4) is 0 Å². The maximum absolute atomic E-state index is 14.8. The van der Waals surface area contributed by atoms with Gasteiger partial charge in [0.25, 0.3) is 0 Å². The molecule has 13 heteroatoms. The van der Waals surface area contributed by atoms with Crippen molar-refractivity contribution in [3.05, 3.63) is 84.1 Å². The van der Waals surface area contributed by atoms with Crippen molar-refractivity contribution in [2.24, 2.45) is 0 Å². The van der Waals surface area contributed by atoms with Crippen molar-refractivity contribution < 1.29 is 31.5 Å². The lowest BCUT2D eigenvalue weighted by Gasteiger charge is -2.13. The van der Waals surface area contributed by atoms with Crippen LogP contribution in [-0.4, -0.2) is 37.8 Å². The van der Waals surface area contributed by atoms with Crippen molar-refractivity contribution in [3.63, 3.8) is 0 Å². The zero-order valence-electron chi connectivity index (χ0n) is 22.1. The molecular weight excluding hydrogens is 568 g/mol. The molecule has 1 aliphatic rings. The van der Waals surface area contributed by atoms with E-state index in [0.717, 1.165) is 18.9 Å². The van der Waals surface area contributed by atoms with Crippen LogP contribution >= 0.6 is 0 Å². The molecule has 0 spiro atoms. The van der Waals surface area contributed by atoms with Crippen LogP contribution in [0.5, 0.6) is 17.2 Å². The van der Waals surface area contributed by atoms with Gasteiger partial charge in [-0.25, -0.2) is 26.7 Å². The predicted octanol–water partition coefficient (Wildman–Crippen LogP) is 5.67. The van der Waals surface area contributed by atoms with E-state index in [1.165, 1.54) is 48.7 Å². The molecule has 0 radical (unpaired) electrons. The summed E-state index contributed by atoms with van der Waals surface area (Å²) >= 11 is 0.